The average Bonchev–Trinajstić information content (AvgIpc) is 3.13. The standard InChI is InChI=1S/C19H20N4O3S/c1-12-7-13(2)9-14(8-12)23-19(20-21-22-23)27-11-17(24)16-10-15(25-3)5-6-18(16)26-4/h5-10H,11H2,1-4H3. The molecular formula is C19H20N4O3S. The van der Waals surface area contributed by atoms with Gasteiger partial charge >= 0.3 is 0 Å². The number of carbonyl (C=O) groups is 1. The van der Waals surface area contributed by atoms with Crippen LogP contribution in [0.2, 0.25) is 0 Å². The molecule has 0 aliphatic heterocycles. The first-order valence-electron chi connectivity index (χ1n) is 8.27. The zero-order valence-electron chi connectivity index (χ0n) is 15.6. The zero-order valence-corrected chi connectivity index (χ0v) is 16.4. The van der Waals surface area contributed by atoms with E-state index in [4.69, 9.17) is 9.47 Å². The normalized spacial score (nSPS) is 10.7. The summed E-state index contributed by atoms with van der Waals surface area (Å²) in [6.07, 6.45) is 0. The van der Waals surface area contributed by atoms with Gasteiger partial charge in [0, 0.05) is 0 Å². The quantitative estimate of drug-likeness (QED) is 0.457. The summed E-state index contributed by atoms with van der Waals surface area (Å²) in [4.78, 5) is 12.7. The Hall–Kier alpha value is -2.87. The Kier molecular flexibility index (Phi) is 5.75. The highest BCUT2D eigenvalue weighted by molar-refractivity contribution is 7.99. The molecule has 27 heavy (non-hydrogen) atoms. The topological polar surface area (TPSA) is 79.1 Å². The highest BCUT2D eigenvalue weighted by Gasteiger charge is 2.17. The molecule has 0 aliphatic rings. The van der Waals surface area contributed by atoms with Gasteiger partial charge in [0.25, 0.3) is 0 Å². The summed E-state index contributed by atoms with van der Waals surface area (Å²) >= 11 is 1.28. The molecule has 8 heteroatoms. The van der Waals surface area contributed by atoms with E-state index in [0.29, 0.717) is 22.2 Å². The largest absolute Gasteiger partial charge is 0.497 e. The number of ether oxygens (including phenoxy) is 2. The van der Waals surface area contributed by atoms with E-state index < -0.39 is 0 Å². The van der Waals surface area contributed by atoms with Crippen molar-refractivity contribution in [3.05, 3.63) is 53.1 Å². The van der Waals surface area contributed by atoms with Crippen LogP contribution in [0.25, 0.3) is 5.69 Å². The van der Waals surface area contributed by atoms with Crippen molar-refractivity contribution < 1.29 is 14.3 Å². The van der Waals surface area contributed by atoms with Gasteiger partial charge in [0.1, 0.15) is 11.5 Å². The number of ketones is 1. The minimum atomic E-state index is -0.0919. The van der Waals surface area contributed by atoms with Crippen LogP contribution in [0.5, 0.6) is 11.5 Å². The number of hydrogen-bond donors (Lipinski definition) is 0. The van der Waals surface area contributed by atoms with Gasteiger partial charge in [-0.25, -0.2) is 0 Å². The number of hydrogen-bond acceptors (Lipinski definition) is 7. The number of benzene rings is 2. The summed E-state index contributed by atoms with van der Waals surface area (Å²) in [6.45, 7) is 4.04. The molecule has 0 amide bonds. The second kappa shape index (κ2) is 8.22. The van der Waals surface area contributed by atoms with Crippen molar-refractivity contribution in [1.29, 1.82) is 0 Å². The molecule has 0 saturated carbocycles. The molecule has 7 nitrogen and oxygen atoms in total. The van der Waals surface area contributed by atoms with Crippen LogP contribution in [0.1, 0.15) is 21.5 Å². The minimum absolute atomic E-state index is 0.0919. The first-order chi connectivity index (χ1) is 13.0. The average molecular weight is 384 g/mol. The Morgan fingerprint density at radius 2 is 1.81 bits per heavy atom. The maximum Gasteiger partial charge on any atom is 0.214 e. The lowest BCUT2D eigenvalue weighted by Crippen LogP contribution is -2.07. The van der Waals surface area contributed by atoms with E-state index in [0.717, 1.165) is 16.8 Å². The summed E-state index contributed by atoms with van der Waals surface area (Å²) in [6, 6.07) is 11.2. The molecule has 1 heterocycles. The molecule has 2 aromatic carbocycles. The summed E-state index contributed by atoms with van der Waals surface area (Å²) in [7, 11) is 3.09. The van der Waals surface area contributed by atoms with Crippen molar-refractivity contribution in [1.82, 2.24) is 20.2 Å². The molecular weight excluding hydrogens is 364 g/mol. The predicted molar refractivity (Wildman–Crippen MR) is 103 cm³/mol. The Balaban J connectivity index is 1.80. The van der Waals surface area contributed by atoms with Gasteiger partial charge in [-0.2, -0.15) is 4.68 Å². The molecule has 140 valence electrons. The highest BCUT2D eigenvalue weighted by atomic mass is 32.2. The minimum Gasteiger partial charge on any atom is -0.497 e. The van der Waals surface area contributed by atoms with Crippen molar-refractivity contribution in [2.24, 2.45) is 0 Å². The summed E-state index contributed by atoms with van der Waals surface area (Å²) in [5.74, 6) is 1.19. The number of Topliss-reactive ketones (excluding diaryl/α,β-unsaturated/α-hetero) is 1. The number of carbonyl (C=O) groups excluding carboxylic acids is 1. The maximum absolute atomic E-state index is 12.7. The number of methoxy groups -OCH3 is 2. The smallest absolute Gasteiger partial charge is 0.214 e. The van der Waals surface area contributed by atoms with Gasteiger partial charge in [0.2, 0.25) is 5.16 Å². The molecule has 0 unspecified atom stereocenters. The SMILES string of the molecule is COc1ccc(OC)c(C(=O)CSc2nnnn2-c2cc(C)cc(C)c2)c1. The van der Waals surface area contributed by atoms with Crippen molar-refractivity contribution in [2.75, 3.05) is 20.0 Å². The lowest BCUT2D eigenvalue weighted by atomic mass is 10.1. The molecule has 3 rings (SSSR count). The molecule has 0 atom stereocenters. The Labute approximate surface area is 161 Å². The van der Waals surface area contributed by atoms with Crippen molar-refractivity contribution in [3.8, 4) is 17.2 Å². The fourth-order valence-electron chi connectivity index (χ4n) is 2.74. The fourth-order valence-corrected chi connectivity index (χ4v) is 3.52. The van der Waals surface area contributed by atoms with E-state index in [-0.39, 0.29) is 11.5 Å². The van der Waals surface area contributed by atoms with Crippen LogP contribution >= 0.6 is 11.8 Å². The van der Waals surface area contributed by atoms with Crippen LogP contribution in [-0.2, 0) is 0 Å². The van der Waals surface area contributed by atoms with E-state index in [1.807, 2.05) is 26.0 Å². The third-order valence-corrected chi connectivity index (χ3v) is 4.85. The van der Waals surface area contributed by atoms with E-state index >= 15 is 0 Å². The monoisotopic (exact) mass is 384 g/mol. The Morgan fingerprint density at radius 1 is 1.07 bits per heavy atom. The fraction of sp³-hybridized carbons (Fsp3) is 0.263. The number of aromatic nitrogens is 4. The van der Waals surface area contributed by atoms with Crippen LogP contribution in [0.3, 0.4) is 0 Å². The third-order valence-electron chi connectivity index (χ3n) is 3.93. The van der Waals surface area contributed by atoms with Gasteiger partial charge < -0.3 is 9.47 Å². The number of thioether (sulfide) groups is 1. The number of nitrogens with zero attached hydrogens (tertiary/aromatic N) is 4. The molecule has 3 aromatic rings. The van der Waals surface area contributed by atoms with Gasteiger partial charge in [-0.05, 0) is 65.7 Å². The van der Waals surface area contributed by atoms with Gasteiger partial charge in [0.15, 0.2) is 5.78 Å². The zero-order chi connectivity index (χ0) is 19.4. The van der Waals surface area contributed by atoms with Crippen LogP contribution in [-0.4, -0.2) is 46.0 Å². The van der Waals surface area contributed by atoms with E-state index in [1.165, 1.54) is 18.9 Å². The molecule has 0 spiro atoms. The van der Waals surface area contributed by atoms with Crippen molar-refractivity contribution in [3.63, 3.8) is 0 Å². The van der Waals surface area contributed by atoms with Crippen LogP contribution in [0.15, 0.2) is 41.6 Å². The van der Waals surface area contributed by atoms with Crippen LogP contribution in [0.4, 0.5) is 0 Å². The highest BCUT2D eigenvalue weighted by Crippen LogP contribution is 2.27. The number of tetrazole rings is 1. The van der Waals surface area contributed by atoms with E-state index in [9.17, 15) is 4.79 Å². The first kappa shape index (κ1) is 18.9. The van der Waals surface area contributed by atoms with Gasteiger partial charge in [-0.15, -0.1) is 5.10 Å². The molecule has 0 fully saturated rings. The van der Waals surface area contributed by atoms with Crippen molar-refractivity contribution >= 4 is 17.5 Å². The molecule has 1 aromatic heterocycles. The van der Waals surface area contributed by atoms with Gasteiger partial charge in [-0.3, -0.25) is 4.79 Å². The first-order valence-corrected chi connectivity index (χ1v) is 9.25. The van der Waals surface area contributed by atoms with Gasteiger partial charge in [0.05, 0.1) is 31.2 Å². The van der Waals surface area contributed by atoms with E-state index in [1.54, 1.807) is 30.0 Å². The van der Waals surface area contributed by atoms with Crippen LogP contribution in [0, 0.1) is 13.8 Å². The second-order valence-electron chi connectivity index (χ2n) is 6.00. The van der Waals surface area contributed by atoms with Crippen LogP contribution < -0.4 is 9.47 Å². The van der Waals surface area contributed by atoms with Gasteiger partial charge in [-0.1, -0.05) is 17.8 Å². The summed E-state index contributed by atoms with van der Waals surface area (Å²) < 4.78 is 12.1. The lowest BCUT2D eigenvalue weighted by molar-refractivity contribution is 0.101. The number of rotatable bonds is 7. The molecule has 0 saturated heterocycles. The molecule has 0 radical (unpaired) electrons. The molecule has 0 aliphatic carbocycles. The predicted octanol–water partition coefficient (Wildman–Crippen LogP) is 3.27. The number of aryl methyl sites for hydroxylation is 2. The molecule has 0 bridgehead atoms. The second-order valence-corrected chi connectivity index (χ2v) is 6.94. The Bertz CT molecular complexity index is 951. The summed E-state index contributed by atoms with van der Waals surface area (Å²) in [5, 5.41) is 12.4. The van der Waals surface area contributed by atoms with Crippen molar-refractivity contribution in [2.45, 2.75) is 19.0 Å². The van der Waals surface area contributed by atoms with E-state index in [2.05, 4.69) is 21.6 Å². The summed E-state index contributed by atoms with van der Waals surface area (Å²) in [5.41, 5.74) is 3.57. The third kappa shape index (κ3) is 4.28. The molecule has 0 N–H and O–H groups in total. The lowest BCUT2D eigenvalue weighted by Gasteiger charge is -2.10. The Morgan fingerprint density at radius 3 is 2.48 bits per heavy atom. The maximum atomic E-state index is 12.7.